The summed E-state index contributed by atoms with van der Waals surface area (Å²) in [5.74, 6) is 0. The van der Waals surface area contributed by atoms with Crippen LogP contribution in [0.2, 0.25) is 0 Å². The summed E-state index contributed by atoms with van der Waals surface area (Å²) in [5.41, 5.74) is 1.40. The van der Waals surface area contributed by atoms with Crippen molar-refractivity contribution in [2.75, 3.05) is 6.54 Å². The third-order valence-corrected chi connectivity index (χ3v) is 4.60. The van der Waals surface area contributed by atoms with Crippen molar-refractivity contribution in [3.05, 3.63) is 42.2 Å². The predicted octanol–water partition coefficient (Wildman–Crippen LogP) is 5.42. The smallest absolute Gasteiger partial charge is 0.0346 e. The van der Waals surface area contributed by atoms with Crippen LogP contribution in [0.4, 0.5) is 0 Å². The standard InChI is InChI=1S/C20H30N2/c1-4-6-7-8-9-17(3)22(5-2)16-18-10-11-20-15-21-13-12-19(20)14-18/h10-15,17H,4-9,16H2,1-3H3/t17-/m1/s1. The quantitative estimate of drug-likeness (QED) is 0.575. The number of pyridine rings is 1. The second kappa shape index (κ2) is 8.89. The molecule has 0 saturated carbocycles. The van der Waals surface area contributed by atoms with Crippen LogP contribution < -0.4 is 0 Å². The molecule has 0 bridgehead atoms. The Morgan fingerprint density at radius 2 is 1.91 bits per heavy atom. The number of unbranched alkanes of at least 4 members (excludes halogenated alkanes) is 3. The van der Waals surface area contributed by atoms with E-state index in [2.05, 4.69) is 54.9 Å². The van der Waals surface area contributed by atoms with E-state index in [4.69, 9.17) is 0 Å². The monoisotopic (exact) mass is 298 g/mol. The molecule has 0 unspecified atom stereocenters. The summed E-state index contributed by atoms with van der Waals surface area (Å²) in [6.45, 7) is 9.08. The summed E-state index contributed by atoms with van der Waals surface area (Å²) < 4.78 is 0. The van der Waals surface area contributed by atoms with Gasteiger partial charge in [-0.3, -0.25) is 9.88 Å². The van der Waals surface area contributed by atoms with Gasteiger partial charge in [-0.25, -0.2) is 0 Å². The van der Waals surface area contributed by atoms with Gasteiger partial charge in [0.15, 0.2) is 0 Å². The van der Waals surface area contributed by atoms with Crippen molar-refractivity contribution in [3.8, 4) is 0 Å². The third-order valence-electron chi connectivity index (χ3n) is 4.60. The van der Waals surface area contributed by atoms with Gasteiger partial charge in [-0.15, -0.1) is 0 Å². The van der Waals surface area contributed by atoms with Crippen LogP contribution in [-0.2, 0) is 6.54 Å². The van der Waals surface area contributed by atoms with Crippen LogP contribution in [0.25, 0.3) is 10.8 Å². The second-order valence-corrected chi connectivity index (χ2v) is 6.32. The molecule has 0 aliphatic rings. The number of aromatic nitrogens is 1. The molecular formula is C20H30N2. The molecule has 0 aliphatic heterocycles. The number of nitrogens with zero attached hydrogens (tertiary/aromatic N) is 2. The maximum absolute atomic E-state index is 4.19. The summed E-state index contributed by atoms with van der Waals surface area (Å²) in [4.78, 5) is 6.78. The summed E-state index contributed by atoms with van der Waals surface area (Å²) in [6, 6.07) is 9.51. The molecule has 22 heavy (non-hydrogen) atoms. The minimum atomic E-state index is 0.662. The zero-order valence-corrected chi connectivity index (χ0v) is 14.4. The number of hydrogen-bond donors (Lipinski definition) is 0. The fourth-order valence-electron chi connectivity index (χ4n) is 3.09. The Morgan fingerprint density at radius 1 is 1.05 bits per heavy atom. The van der Waals surface area contributed by atoms with Gasteiger partial charge in [0.1, 0.15) is 0 Å². The molecule has 2 heteroatoms. The molecule has 0 amide bonds. The van der Waals surface area contributed by atoms with E-state index in [9.17, 15) is 0 Å². The predicted molar refractivity (Wildman–Crippen MR) is 96.0 cm³/mol. The van der Waals surface area contributed by atoms with Crippen molar-refractivity contribution >= 4 is 10.8 Å². The van der Waals surface area contributed by atoms with Crippen LogP contribution in [0.1, 0.15) is 58.4 Å². The van der Waals surface area contributed by atoms with Crippen LogP contribution in [0.3, 0.4) is 0 Å². The normalized spacial score (nSPS) is 12.9. The van der Waals surface area contributed by atoms with Gasteiger partial charge in [-0.1, -0.05) is 51.7 Å². The van der Waals surface area contributed by atoms with Crippen LogP contribution in [0.5, 0.6) is 0 Å². The fourth-order valence-corrected chi connectivity index (χ4v) is 3.09. The Hall–Kier alpha value is -1.41. The van der Waals surface area contributed by atoms with Crippen LogP contribution >= 0.6 is 0 Å². The Kier molecular flexibility index (Phi) is 6.85. The Labute approximate surface area is 135 Å². The maximum Gasteiger partial charge on any atom is 0.0346 e. The average molecular weight is 298 g/mol. The van der Waals surface area contributed by atoms with E-state index < -0.39 is 0 Å². The lowest BCUT2D eigenvalue weighted by Gasteiger charge is -2.28. The maximum atomic E-state index is 4.19. The van der Waals surface area contributed by atoms with E-state index >= 15 is 0 Å². The first-order valence-corrected chi connectivity index (χ1v) is 8.81. The first kappa shape index (κ1) is 17.0. The van der Waals surface area contributed by atoms with Gasteiger partial charge in [0, 0.05) is 30.4 Å². The van der Waals surface area contributed by atoms with E-state index in [1.807, 2.05) is 12.4 Å². The largest absolute Gasteiger partial charge is 0.297 e. The summed E-state index contributed by atoms with van der Waals surface area (Å²) in [5, 5.41) is 2.51. The van der Waals surface area contributed by atoms with Crippen LogP contribution in [-0.4, -0.2) is 22.5 Å². The van der Waals surface area contributed by atoms with E-state index in [1.54, 1.807) is 0 Å². The van der Waals surface area contributed by atoms with Crippen molar-refractivity contribution in [1.82, 2.24) is 9.88 Å². The molecule has 0 spiro atoms. The molecule has 2 aromatic rings. The Bertz CT molecular complexity index is 564. The number of rotatable bonds is 9. The number of hydrogen-bond acceptors (Lipinski definition) is 2. The minimum Gasteiger partial charge on any atom is -0.297 e. The van der Waals surface area contributed by atoms with E-state index in [-0.39, 0.29) is 0 Å². The highest BCUT2D eigenvalue weighted by molar-refractivity contribution is 5.81. The topological polar surface area (TPSA) is 16.1 Å². The Morgan fingerprint density at radius 3 is 2.68 bits per heavy atom. The van der Waals surface area contributed by atoms with E-state index in [0.29, 0.717) is 6.04 Å². The SMILES string of the molecule is CCCCCC[C@@H](C)N(CC)Cc1ccc2cnccc2c1. The molecule has 2 rings (SSSR count). The van der Waals surface area contributed by atoms with Gasteiger partial charge in [0.05, 0.1) is 0 Å². The third kappa shape index (κ3) is 4.81. The zero-order valence-electron chi connectivity index (χ0n) is 14.4. The molecule has 1 aromatic carbocycles. The summed E-state index contributed by atoms with van der Waals surface area (Å²) >= 11 is 0. The van der Waals surface area contributed by atoms with E-state index in [1.165, 1.54) is 48.4 Å². The molecule has 0 aliphatic carbocycles. The van der Waals surface area contributed by atoms with Gasteiger partial charge in [-0.2, -0.15) is 0 Å². The Balaban J connectivity index is 1.95. The summed E-state index contributed by atoms with van der Waals surface area (Å²) in [6.07, 6.45) is 10.5. The van der Waals surface area contributed by atoms with Crippen LogP contribution in [0.15, 0.2) is 36.7 Å². The van der Waals surface area contributed by atoms with Crippen molar-refractivity contribution < 1.29 is 0 Å². The first-order chi connectivity index (χ1) is 10.7. The molecule has 2 nitrogen and oxygen atoms in total. The van der Waals surface area contributed by atoms with Crippen molar-refractivity contribution in [1.29, 1.82) is 0 Å². The van der Waals surface area contributed by atoms with Crippen LogP contribution in [0, 0.1) is 0 Å². The molecule has 0 saturated heterocycles. The molecule has 1 aromatic heterocycles. The minimum absolute atomic E-state index is 0.662. The summed E-state index contributed by atoms with van der Waals surface area (Å²) in [7, 11) is 0. The lowest BCUT2D eigenvalue weighted by atomic mass is 10.1. The van der Waals surface area contributed by atoms with Crippen molar-refractivity contribution in [2.45, 2.75) is 65.5 Å². The zero-order chi connectivity index (χ0) is 15.8. The molecule has 0 N–H and O–H groups in total. The first-order valence-electron chi connectivity index (χ1n) is 8.81. The lowest BCUT2D eigenvalue weighted by molar-refractivity contribution is 0.197. The molecule has 1 atom stereocenters. The second-order valence-electron chi connectivity index (χ2n) is 6.32. The average Bonchev–Trinajstić information content (AvgIpc) is 2.56. The van der Waals surface area contributed by atoms with Gasteiger partial charge in [0.2, 0.25) is 0 Å². The number of fused-ring (bicyclic) bond motifs is 1. The highest BCUT2D eigenvalue weighted by Gasteiger charge is 2.12. The molecule has 0 fully saturated rings. The molecule has 0 radical (unpaired) electrons. The van der Waals surface area contributed by atoms with E-state index in [0.717, 1.165) is 13.1 Å². The molecule has 120 valence electrons. The van der Waals surface area contributed by atoms with Gasteiger partial charge in [-0.05, 0) is 43.0 Å². The highest BCUT2D eigenvalue weighted by Crippen LogP contribution is 2.18. The van der Waals surface area contributed by atoms with Crippen molar-refractivity contribution in [2.24, 2.45) is 0 Å². The molecule has 1 heterocycles. The van der Waals surface area contributed by atoms with Crippen molar-refractivity contribution in [3.63, 3.8) is 0 Å². The van der Waals surface area contributed by atoms with Gasteiger partial charge in [0.25, 0.3) is 0 Å². The lowest BCUT2D eigenvalue weighted by Crippen LogP contribution is -2.32. The number of benzene rings is 1. The highest BCUT2D eigenvalue weighted by atomic mass is 15.1. The fraction of sp³-hybridized carbons (Fsp3) is 0.550. The van der Waals surface area contributed by atoms with Gasteiger partial charge < -0.3 is 0 Å². The molecular weight excluding hydrogens is 268 g/mol. The van der Waals surface area contributed by atoms with Gasteiger partial charge >= 0.3 is 0 Å².